The normalized spacial score (nSPS) is 20.8. The van der Waals surface area contributed by atoms with Crippen LogP contribution < -0.4 is 10.1 Å². The maximum Gasteiger partial charge on any atom is 0.393 e. The average molecular weight is 336 g/mol. The van der Waals surface area contributed by atoms with Crippen molar-refractivity contribution in [3.05, 3.63) is 30.1 Å². The highest BCUT2D eigenvalue weighted by Gasteiger charge is 2.50. The van der Waals surface area contributed by atoms with E-state index in [1.54, 1.807) is 0 Å². The summed E-state index contributed by atoms with van der Waals surface area (Å²) in [5.74, 6) is -4.12. The van der Waals surface area contributed by atoms with Crippen LogP contribution in [0.4, 0.5) is 13.2 Å². The number of benzene rings is 1. The first-order valence-electron chi connectivity index (χ1n) is 7.04. The molecule has 2 unspecified atom stereocenters. The molecule has 1 aromatic carbocycles. The lowest BCUT2D eigenvalue weighted by Crippen LogP contribution is -2.36. The van der Waals surface area contributed by atoms with Gasteiger partial charge >= 0.3 is 12.1 Å². The van der Waals surface area contributed by atoms with E-state index in [0.717, 1.165) is 0 Å². The van der Waals surface area contributed by atoms with E-state index in [-0.39, 0.29) is 35.4 Å². The van der Waals surface area contributed by atoms with Gasteiger partial charge in [-0.15, -0.1) is 0 Å². The Hall–Kier alpha value is -2.73. The maximum absolute atomic E-state index is 13.0. The van der Waals surface area contributed by atoms with E-state index in [1.165, 1.54) is 24.5 Å². The Labute approximate surface area is 134 Å². The van der Waals surface area contributed by atoms with Crippen LogP contribution in [-0.4, -0.2) is 35.2 Å². The molecule has 2 heterocycles. The highest BCUT2D eigenvalue weighted by Crippen LogP contribution is 2.35. The molecule has 1 aliphatic rings. The smallest absolute Gasteiger partial charge is 0.393 e. The average Bonchev–Trinajstić information content (AvgIpc) is 3.05. The van der Waals surface area contributed by atoms with Crippen molar-refractivity contribution >= 4 is 17.0 Å². The molecule has 9 heteroatoms. The molecule has 1 fully saturated rings. The Balaban J connectivity index is 1.91. The van der Waals surface area contributed by atoms with Gasteiger partial charge in [-0.25, -0.2) is 4.98 Å². The van der Waals surface area contributed by atoms with E-state index in [2.05, 4.69) is 15.3 Å². The molecular weight excluding hydrogens is 325 g/mol. The van der Waals surface area contributed by atoms with Gasteiger partial charge < -0.3 is 10.1 Å². The number of ether oxygens (including phenoxy) is 1. The van der Waals surface area contributed by atoms with Crippen molar-refractivity contribution in [3.8, 4) is 11.8 Å². The fourth-order valence-electron chi connectivity index (χ4n) is 2.66. The molecule has 24 heavy (non-hydrogen) atoms. The van der Waals surface area contributed by atoms with Gasteiger partial charge in [0.25, 0.3) is 0 Å². The summed E-state index contributed by atoms with van der Waals surface area (Å²) in [6.07, 6.45) is -1.77. The molecule has 1 saturated heterocycles. The summed E-state index contributed by atoms with van der Waals surface area (Å²) in [6.45, 7) is -0.430. The number of carbonyl (C=O) groups is 1. The van der Waals surface area contributed by atoms with E-state index in [1.807, 2.05) is 6.07 Å². The van der Waals surface area contributed by atoms with Gasteiger partial charge in [0.15, 0.2) is 5.75 Å². The van der Waals surface area contributed by atoms with E-state index >= 15 is 0 Å². The highest BCUT2D eigenvalue weighted by molar-refractivity contribution is 5.88. The Morgan fingerprint density at radius 3 is 2.62 bits per heavy atom. The molecule has 6 nitrogen and oxygen atoms in total. The molecule has 0 bridgehead atoms. The van der Waals surface area contributed by atoms with Crippen LogP contribution in [0.2, 0.25) is 0 Å². The summed E-state index contributed by atoms with van der Waals surface area (Å²) < 4.78 is 44.0. The number of alkyl halides is 3. The fourth-order valence-corrected chi connectivity index (χ4v) is 2.66. The fraction of sp³-hybridized carbons (Fsp3) is 0.333. The van der Waals surface area contributed by atoms with Gasteiger partial charge in [0.05, 0.1) is 17.4 Å². The first-order valence-corrected chi connectivity index (χ1v) is 7.04. The lowest BCUT2D eigenvalue weighted by molar-refractivity contribution is -0.186. The number of fused-ring (bicyclic) bond motifs is 1. The van der Waals surface area contributed by atoms with Crippen LogP contribution in [0.3, 0.4) is 0 Å². The Kier molecular flexibility index (Phi) is 4.07. The quantitative estimate of drug-likeness (QED) is 0.665. The molecule has 124 valence electrons. The molecular formula is C15H11F3N4O2. The third kappa shape index (κ3) is 2.88. The molecule has 1 N–H and O–H groups in total. The second-order valence-corrected chi connectivity index (χ2v) is 5.31. The standard InChI is InChI=1S/C15H11F3N4O2/c16-15(17,18)10-7-20-6-9(10)14(23)24-11-2-1-8(5-19)12-13(11)22-4-3-21-12/h1-4,9-10,20H,6-7H2. The van der Waals surface area contributed by atoms with Crippen LogP contribution in [0.5, 0.6) is 5.75 Å². The minimum absolute atomic E-state index is 0.0186. The van der Waals surface area contributed by atoms with Gasteiger partial charge in [-0.1, -0.05) is 0 Å². The minimum atomic E-state index is -4.49. The molecule has 2 atom stereocenters. The number of halogens is 3. The summed E-state index contributed by atoms with van der Waals surface area (Å²) in [7, 11) is 0. The number of hydrogen-bond donors (Lipinski definition) is 1. The predicted octanol–water partition coefficient (Wildman–Crippen LogP) is 1.80. The monoisotopic (exact) mass is 336 g/mol. The Morgan fingerprint density at radius 1 is 1.25 bits per heavy atom. The highest BCUT2D eigenvalue weighted by atomic mass is 19.4. The zero-order valence-electron chi connectivity index (χ0n) is 12.2. The van der Waals surface area contributed by atoms with E-state index in [4.69, 9.17) is 10.00 Å². The number of esters is 1. The predicted molar refractivity (Wildman–Crippen MR) is 75.8 cm³/mol. The number of nitrogens with one attached hydrogen (secondary N) is 1. The molecule has 0 spiro atoms. The van der Waals surface area contributed by atoms with Crippen LogP contribution in [-0.2, 0) is 4.79 Å². The van der Waals surface area contributed by atoms with Gasteiger partial charge in [-0.05, 0) is 12.1 Å². The van der Waals surface area contributed by atoms with Gasteiger partial charge in [-0.3, -0.25) is 9.78 Å². The summed E-state index contributed by atoms with van der Waals surface area (Å²) >= 11 is 0. The minimum Gasteiger partial charge on any atom is -0.424 e. The van der Waals surface area contributed by atoms with Crippen LogP contribution in [0, 0.1) is 23.2 Å². The number of rotatable bonds is 2. The van der Waals surface area contributed by atoms with Gasteiger partial charge in [0, 0.05) is 25.5 Å². The number of carbonyl (C=O) groups excluding carboxylic acids is 1. The Bertz CT molecular complexity index is 832. The van der Waals surface area contributed by atoms with Crippen LogP contribution in [0.1, 0.15) is 5.56 Å². The van der Waals surface area contributed by atoms with Crippen molar-refractivity contribution in [3.63, 3.8) is 0 Å². The van der Waals surface area contributed by atoms with Gasteiger partial charge in [0.2, 0.25) is 0 Å². The van der Waals surface area contributed by atoms with Crippen molar-refractivity contribution < 1.29 is 22.7 Å². The molecule has 3 rings (SSSR count). The molecule has 0 amide bonds. The third-order valence-corrected chi connectivity index (χ3v) is 3.86. The summed E-state index contributed by atoms with van der Waals surface area (Å²) in [5, 5.41) is 11.6. The second kappa shape index (κ2) is 6.05. The van der Waals surface area contributed by atoms with Crippen molar-refractivity contribution in [2.75, 3.05) is 13.1 Å². The number of nitriles is 1. The van der Waals surface area contributed by atoms with Crippen molar-refractivity contribution in [2.24, 2.45) is 11.8 Å². The molecule has 1 aromatic heterocycles. The number of aromatic nitrogens is 2. The first kappa shape index (κ1) is 16.1. The molecule has 2 aromatic rings. The van der Waals surface area contributed by atoms with E-state index < -0.39 is 24.0 Å². The summed E-state index contributed by atoms with van der Waals surface area (Å²) in [5.41, 5.74) is 0.607. The molecule has 0 saturated carbocycles. The van der Waals surface area contributed by atoms with Crippen LogP contribution in [0.25, 0.3) is 11.0 Å². The van der Waals surface area contributed by atoms with Crippen LogP contribution >= 0.6 is 0 Å². The van der Waals surface area contributed by atoms with Crippen molar-refractivity contribution in [1.29, 1.82) is 5.26 Å². The molecule has 1 aliphatic heterocycles. The number of hydrogen-bond acceptors (Lipinski definition) is 6. The zero-order valence-corrected chi connectivity index (χ0v) is 12.2. The van der Waals surface area contributed by atoms with Gasteiger partial charge in [0.1, 0.15) is 17.1 Å². The van der Waals surface area contributed by atoms with Gasteiger partial charge in [-0.2, -0.15) is 18.4 Å². The summed E-state index contributed by atoms with van der Waals surface area (Å²) in [6, 6.07) is 4.65. The molecule has 0 aliphatic carbocycles. The van der Waals surface area contributed by atoms with Crippen molar-refractivity contribution in [2.45, 2.75) is 6.18 Å². The number of nitrogens with zero attached hydrogens (tertiary/aromatic N) is 3. The van der Waals surface area contributed by atoms with Crippen LogP contribution in [0.15, 0.2) is 24.5 Å². The van der Waals surface area contributed by atoms with E-state index in [9.17, 15) is 18.0 Å². The lowest BCUT2D eigenvalue weighted by atomic mass is 9.96. The van der Waals surface area contributed by atoms with E-state index in [0.29, 0.717) is 0 Å². The zero-order chi connectivity index (χ0) is 17.3. The second-order valence-electron chi connectivity index (χ2n) is 5.31. The Morgan fingerprint density at radius 2 is 1.96 bits per heavy atom. The lowest BCUT2D eigenvalue weighted by Gasteiger charge is -2.20. The topological polar surface area (TPSA) is 87.9 Å². The molecule has 0 radical (unpaired) electrons. The first-order chi connectivity index (χ1) is 11.4. The third-order valence-electron chi connectivity index (χ3n) is 3.86. The van der Waals surface area contributed by atoms with Crippen molar-refractivity contribution in [1.82, 2.24) is 15.3 Å². The summed E-state index contributed by atoms with van der Waals surface area (Å²) in [4.78, 5) is 20.2. The largest absolute Gasteiger partial charge is 0.424 e. The maximum atomic E-state index is 13.0. The SMILES string of the molecule is N#Cc1ccc(OC(=O)C2CNCC2C(F)(F)F)c2nccnc12.